The van der Waals surface area contributed by atoms with Crippen LogP contribution < -0.4 is 5.32 Å². The van der Waals surface area contributed by atoms with Gasteiger partial charge in [-0.05, 0) is 26.2 Å². The molecule has 0 aromatic rings. The van der Waals surface area contributed by atoms with Crippen LogP contribution in [0.1, 0.15) is 33.1 Å². The van der Waals surface area contributed by atoms with Crippen LogP contribution in [0.4, 0.5) is 0 Å². The van der Waals surface area contributed by atoms with E-state index in [1.807, 2.05) is 0 Å². The summed E-state index contributed by atoms with van der Waals surface area (Å²) >= 11 is 0. The average Bonchev–Trinajstić information content (AvgIpc) is 2.61. The first-order chi connectivity index (χ1) is 4.74. The molecule has 0 aromatic heterocycles. The van der Waals surface area contributed by atoms with E-state index in [1.165, 1.54) is 24.8 Å². The van der Waals surface area contributed by atoms with E-state index < -0.39 is 0 Å². The van der Waals surface area contributed by atoms with Crippen LogP contribution in [0.5, 0.6) is 0 Å². The van der Waals surface area contributed by atoms with Crippen LogP contribution in [0.3, 0.4) is 0 Å². The molecule has 0 bridgehead atoms. The van der Waals surface area contributed by atoms with Crippen molar-refractivity contribution in [1.29, 1.82) is 0 Å². The quantitative estimate of drug-likeness (QED) is 0.467. The van der Waals surface area contributed by atoms with Crippen molar-refractivity contribution >= 4 is 0 Å². The van der Waals surface area contributed by atoms with Crippen molar-refractivity contribution in [2.75, 3.05) is 0 Å². The van der Waals surface area contributed by atoms with Gasteiger partial charge in [0.25, 0.3) is 0 Å². The summed E-state index contributed by atoms with van der Waals surface area (Å²) < 4.78 is 0. The number of hydrogen-bond donors (Lipinski definition) is 1. The summed E-state index contributed by atoms with van der Waals surface area (Å²) in [5, 5.41) is 3.43. The lowest BCUT2D eigenvalue weighted by Gasteiger charge is -1.95. The van der Waals surface area contributed by atoms with Crippen molar-refractivity contribution < 1.29 is 0 Å². The molecular weight excluding hydrogens is 122 g/mol. The molecule has 2 atom stereocenters. The Morgan fingerprint density at radius 1 is 1.50 bits per heavy atom. The minimum absolute atomic E-state index is 0.807. The van der Waals surface area contributed by atoms with Crippen molar-refractivity contribution in [1.82, 2.24) is 5.32 Å². The fourth-order valence-corrected chi connectivity index (χ4v) is 1.31. The van der Waals surface area contributed by atoms with Crippen molar-refractivity contribution in [3.8, 4) is 0 Å². The van der Waals surface area contributed by atoms with E-state index in [9.17, 15) is 0 Å². The Balaban J connectivity index is 2.01. The van der Waals surface area contributed by atoms with E-state index in [-0.39, 0.29) is 0 Å². The first-order valence-corrected chi connectivity index (χ1v) is 4.14. The molecule has 2 unspecified atom stereocenters. The van der Waals surface area contributed by atoms with Crippen LogP contribution in [0.2, 0.25) is 0 Å². The number of hydrogen-bond acceptors (Lipinski definition) is 1. The fraction of sp³-hybridized carbons (Fsp3) is 0.778. The normalized spacial score (nSPS) is 30.2. The molecule has 1 heterocycles. The second kappa shape index (κ2) is 3.20. The second-order valence-corrected chi connectivity index (χ2v) is 3.28. The van der Waals surface area contributed by atoms with Crippen LogP contribution in [0, 0.1) is 0 Å². The third-order valence-corrected chi connectivity index (χ3v) is 2.13. The molecule has 1 rings (SSSR count). The lowest BCUT2D eigenvalue weighted by molar-refractivity contribution is 0.758. The molecule has 0 saturated carbocycles. The standard InChI is InChI=1S/C9H17N/c1-4-8-9(10-8)6-5-7(2)3/h8-10H,2,4-6H2,1,3H3. The third-order valence-electron chi connectivity index (χ3n) is 2.13. The maximum absolute atomic E-state index is 3.88. The van der Waals surface area contributed by atoms with Crippen LogP contribution in [0.15, 0.2) is 12.2 Å². The topological polar surface area (TPSA) is 21.9 Å². The highest BCUT2D eigenvalue weighted by Gasteiger charge is 2.32. The van der Waals surface area contributed by atoms with E-state index >= 15 is 0 Å². The lowest BCUT2D eigenvalue weighted by atomic mass is 10.1. The Hall–Kier alpha value is -0.300. The Kier molecular flexibility index (Phi) is 2.50. The minimum atomic E-state index is 0.807. The van der Waals surface area contributed by atoms with Gasteiger partial charge in [-0.1, -0.05) is 12.5 Å². The number of rotatable bonds is 4. The molecule has 10 heavy (non-hydrogen) atoms. The van der Waals surface area contributed by atoms with Gasteiger partial charge in [0.05, 0.1) is 0 Å². The van der Waals surface area contributed by atoms with Crippen LogP contribution >= 0.6 is 0 Å². The van der Waals surface area contributed by atoms with Crippen molar-refractivity contribution in [2.24, 2.45) is 0 Å². The van der Waals surface area contributed by atoms with Crippen molar-refractivity contribution in [2.45, 2.75) is 45.2 Å². The predicted molar refractivity (Wildman–Crippen MR) is 45.1 cm³/mol. The zero-order valence-corrected chi connectivity index (χ0v) is 6.98. The smallest absolute Gasteiger partial charge is 0.0227 e. The second-order valence-electron chi connectivity index (χ2n) is 3.28. The summed E-state index contributed by atoms with van der Waals surface area (Å²) in [5.41, 5.74) is 1.31. The summed E-state index contributed by atoms with van der Waals surface area (Å²) in [6, 6.07) is 1.63. The highest BCUT2D eigenvalue weighted by atomic mass is 15.1. The summed E-state index contributed by atoms with van der Waals surface area (Å²) in [4.78, 5) is 0. The Morgan fingerprint density at radius 3 is 2.60 bits per heavy atom. The third kappa shape index (κ3) is 2.14. The van der Waals surface area contributed by atoms with Gasteiger partial charge in [0.1, 0.15) is 0 Å². The maximum Gasteiger partial charge on any atom is 0.0227 e. The van der Waals surface area contributed by atoms with Gasteiger partial charge >= 0.3 is 0 Å². The van der Waals surface area contributed by atoms with Gasteiger partial charge in [0, 0.05) is 12.1 Å². The molecule has 1 N–H and O–H groups in total. The molecule has 0 amide bonds. The Bertz CT molecular complexity index is 129. The molecule has 1 aliphatic heterocycles. The Labute approximate surface area is 63.5 Å². The average molecular weight is 139 g/mol. The zero-order valence-electron chi connectivity index (χ0n) is 6.98. The molecule has 1 nitrogen and oxygen atoms in total. The molecule has 1 aliphatic rings. The summed E-state index contributed by atoms with van der Waals surface area (Å²) in [6.07, 6.45) is 3.75. The van der Waals surface area contributed by atoms with E-state index in [2.05, 4.69) is 25.7 Å². The van der Waals surface area contributed by atoms with Crippen molar-refractivity contribution in [3.63, 3.8) is 0 Å². The first-order valence-electron chi connectivity index (χ1n) is 4.14. The van der Waals surface area contributed by atoms with Crippen LogP contribution in [-0.4, -0.2) is 12.1 Å². The molecule has 58 valence electrons. The molecule has 1 fully saturated rings. The highest BCUT2D eigenvalue weighted by molar-refractivity contribution is 5.00. The number of allylic oxidation sites excluding steroid dienone is 1. The molecule has 0 aliphatic carbocycles. The highest BCUT2D eigenvalue weighted by Crippen LogP contribution is 2.20. The van der Waals surface area contributed by atoms with Crippen LogP contribution in [-0.2, 0) is 0 Å². The van der Waals surface area contributed by atoms with Crippen molar-refractivity contribution in [3.05, 3.63) is 12.2 Å². The number of nitrogens with one attached hydrogen (secondary N) is 1. The van der Waals surface area contributed by atoms with Gasteiger partial charge in [-0.3, -0.25) is 0 Å². The van der Waals surface area contributed by atoms with E-state index in [1.54, 1.807) is 0 Å². The molecular formula is C9H17N. The fourth-order valence-electron chi connectivity index (χ4n) is 1.31. The predicted octanol–water partition coefficient (Wildman–Crippen LogP) is 2.09. The van der Waals surface area contributed by atoms with Crippen LogP contribution in [0.25, 0.3) is 0 Å². The maximum atomic E-state index is 3.88. The van der Waals surface area contributed by atoms with E-state index in [4.69, 9.17) is 0 Å². The van der Waals surface area contributed by atoms with Gasteiger partial charge in [0.15, 0.2) is 0 Å². The minimum Gasteiger partial charge on any atom is -0.308 e. The molecule has 0 spiro atoms. The van der Waals surface area contributed by atoms with Gasteiger partial charge in [-0.2, -0.15) is 0 Å². The summed E-state index contributed by atoms with van der Waals surface area (Å²) in [6.45, 7) is 8.21. The SMILES string of the molecule is C=C(C)CCC1NC1CC. The summed E-state index contributed by atoms with van der Waals surface area (Å²) in [5.74, 6) is 0. The molecule has 1 saturated heterocycles. The Morgan fingerprint density at radius 2 is 2.20 bits per heavy atom. The monoisotopic (exact) mass is 139 g/mol. The van der Waals surface area contributed by atoms with Gasteiger partial charge in [0.2, 0.25) is 0 Å². The van der Waals surface area contributed by atoms with E-state index in [0.29, 0.717) is 0 Å². The van der Waals surface area contributed by atoms with Gasteiger partial charge in [-0.15, -0.1) is 6.58 Å². The van der Waals surface area contributed by atoms with Gasteiger partial charge < -0.3 is 5.32 Å². The van der Waals surface area contributed by atoms with E-state index in [0.717, 1.165) is 12.1 Å². The van der Waals surface area contributed by atoms with Gasteiger partial charge in [-0.25, -0.2) is 0 Å². The molecule has 0 aromatic carbocycles. The lowest BCUT2D eigenvalue weighted by Crippen LogP contribution is -1.92. The zero-order chi connectivity index (χ0) is 7.56. The first kappa shape index (κ1) is 7.80. The largest absolute Gasteiger partial charge is 0.308 e. The molecule has 0 radical (unpaired) electrons. The molecule has 1 heteroatoms. The summed E-state index contributed by atoms with van der Waals surface area (Å²) in [7, 11) is 0.